The van der Waals surface area contributed by atoms with Crippen molar-refractivity contribution >= 4 is 5.69 Å². The summed E-state index contributed by atoms with van der Waals surface area (Å²) in [6, 6.07) is 3.90. The van der Waals surface area contributed by atoms with Gasteiger partial charge in [0.05, 0.1) is 24.7 Å². The largest absolute Gasteiger partial charge is 0.493 e. The average molecular weight is 331 g/mol. The number of anilines is 1. The number of fused-ring (bicyclic) bond motifs is 1. The predicted molar refractivity (Wildman–Crippen MR) is 88.8 cm³/mol. The summed E-state index contributed by atoms with van der Waals surface area (Å²) in [5.74, 6) is 2.71. The number of aromatic nitrogens is 2. The van der Waals surface area contributed by atoms with E-state index in [1.807, 2.05) is 19.1 Å². The minimum Gasteiger partial charge on any atom is -0.493 e. The van der Waals surface area contributed by atoms with Crippen LogP contribution < -0.4 is 19.5 Å². The van der Waals surface area contributed by atoms with Crippen LogP contribution in [0.5, 0.6) is 17.2 Å². The molecule has 2 heterocycles. The molecule has 1 aromatic carbocycles. The van der Waals surface area contributed by atoms with Gasteiger partial charge in [0.15, 0.2) is 17.3 Å². The second-order valence-electron chi connectivity index (χ2n) is 5.39. The van der Waals surface area contributed by atoms with E-state index in [9.17, 15) is 0 Å². The normalized spacial score (nSPS) is 12.8. The van der Waals surface area contributed by atoms with Gasteiger partial charge in [-0.15, -0.1) is 0 Å². The van der Waals surface area contributed by atoms with E-state index < -0.39 is 0 Å². The van der Waals surface area contributed by atoms with Crippen LogP contribution in [-0.2, 0) is 17.9 Å². The van der Waals surface area contributed by atoms with E-state index in [1.54, 1.807) is 20.4 Å². The van der Waals surface area contributed by atoms with Gasteiger partial charge in [-0.1, -0.05) is 0 Å². The Morgan fingerprint density at radius 1 is 1.21 bits per heavy atom. The van der Waals surface area contributed by atoms with Gasteiger partial charge >= 0.3 is 0 Å². The molecule has 2 aromatic rings. The van der Waals surface area contributed by atoms with Crippen molar-refractivity contribution in [3.05, 3.63) is 35.4 Å². The summed E-state index contributed by atoms with van der Waals surface area (Å²) in [7, 11) is 3.25. The van der Waals surface area contributed by atoms with Gasteiger partial charge in [0.25, 0.3) is 0 Å². The number of nitrogens with zero attached hydrogens (tertiary/aromatic N) is 2. The fourth-order valence-corrected chi connectivity index (χ4v) is 2.51. The van der Waals surface area contributed by atoms with E-state index >= 15 is 0 Å². The predicted octanol–water partition coefficient (Wildman–Crippen LogP) is 2.32. The van der Waals surface area contributed by atoms with Crippen LogP contribution in [-0.4, -0.2) is 37.4 Å². The SMILES string of the molecule is COCc1ncc(NCc2cc(OC)c3c(c2)OCCO3)c(C)n1. The van der Waals surface area contributed by atoms with Crippen LogP contribution in [0.3, 0.4) is 0 Å². The lowest BCUT2D eigenvalue weighted by atomic mass is 10.1. The summed E-state index contributed by atoms with van der Waals surface area (Å²) in [5.41, 5.74) is 2.78. The highest BCUT2D eigenvalue weighted by molar-refractivity contribution is 5.55. The first-order valence-electron chi connectivity index (χ1n) is 7.73. The lowest BCUT2D eigenvalue weighted by Gasteiger charge is -2.21. The Hall–Kier alpha value is -2.54. The highest BCUT2D eigenvalue weighted by Crippen LogP contribution is 2.40. The zero-order valence-corrected chi connectivity index (χ0v) is 14.1. The van der Waals surface area contributed by atoms with Gasteiger partial charge in [0.2, 0.25) is 5.75 Å². The van der Waals surface area contributed by atoms with E-state index in [2.05, 4.69) is 15.3 Å². The maximum atomic E-state index is 5.65. The van der Waals surface area contributed by atoms with Crippen LogP contribution in [0.1, 0.15) is 17.1 Å². The summed E-state index contributed by atoms with van der Waals surface area (Å²) in [6.07, 6.45) is 1.77. The Morgan fingerprint density at radius 2 is 2.04 bits per heavy atom. The van der Waals surface area contributed by atoms with Gasteiger partial charge < -0.3 is 24.3 Å². The van der Waals surface area contributed by atoms with Gasteiger partial charge in [-0.3, -0.25) is 0 Å². The molecule has 1 aliphatic rings. The quantitative estimate of drug-likeness (QED) is 0.870. The zero-order chi connectivity index (χ0) is 16.9. The van der Waals surface area contributed by atoms with Crippen molar-refractivity contribution in [3.8, 4) is 17.2 Å². The molecule has 0 spiro atoms. The molecule has 1 aliphatic heterocycles. The molecule has 0 fully saturated rings. The third kappa shape index (κ3) is 3.51. The van der Waals surface area contributed by atoms with Crippen LogP contribution in [0.15, 0.2) is 18.3 Å². The molecule has 24 heavy (non-hydrogen) atoms. The Labute approximate surface area is 140 Å². The first-order chi connectivity index (χ1) is 11.7. The first kappa shape index (κ1) is 16.3. The molecule has 3 rings (SSSR count). The second kappa shape index (κ2) is 7.35. The van der Waals surface area contributed by atoms with Crippen LogP contribution in [0.25, 0.3) is 0 Å². The molecule has 0 atom stereocenters. The maximum Gasteiger partial charge on any atom is 0.203 e. The van der Waals surface area contributed by atoms with Crippen molar-refractivity contribution in [2.24, 2.45) is 0 Å². The molecule has 0 saturated heterocycles. The summed E-state index contributed by atoms with van der Waals surface area (Å²) in [6.45, 7) is 4.02. The number of hydrogen-bond donors (Lipinski definition) is 1. The molecule has 0 saturated carbocycles. The Balaban J connectivity index is 1.75. The molecular weight excluding hydrogens is 310 g/mol. The van der Waals surface area contributed by atoms with Crippen LogP contribution in [0, 0.1) is 6.92 Å². The number of rotatable bonds is 6. The van der Waals surface area contributed by atoms with Gasteiger partial charge in [0, 0.05) is 13.7 Å². The second-order valence-corrected chi connectivity index (χ2v) is 5.39. The molecule has 128 valence electrons. The molecule has 7 nitrogen and oxygen atoms in total. The molecule has 0 radical (unpaired) electrons. The molecule has 0 amide bonds. The van der Waals surface area contributed by atoms with Crippen molar-refractivity contribution in [3.63, 3.8) is 0 Å². The Kier molecular flexibility index (Phi) is 5.00. The maximum absolute atomic E-state index is 5.65. The van der Waals surface area contributed by atoms with Gasteiger partial charge in [-0.05, 0) is 24.6 Å². The summed E-state index contributed by atoms with van der Waals surface area (Å²) in [4.78, 5) is 8.69. The minimum absolute atomic E-state index is 0.403. The molecule has 0 bridgehead atoms. The smallest absolute Gasteiger partial charge is 0.203 e. The topological polar surface area (TPSA) is 74.7 Å². The summed E-state index contributed by atoms with van der Waals surface area (Å²) in [5, 5.41) is 3.34. The number of benzene rings is 1. The van der Waals surface area contributed by atoms with E-state index in [0.717, 1.165) is 16.9 Å². The first-order valence-corrected chi connectivity index (χ1v) is 7.73. The van der Waals surface area contributed by atoms with Crippen molar-refractivity contribution < 1.29 is 18.9 Å². The number of methoxy groups -OCH3 is 2. The van der Waals surface area contributed by atoms with Crippen molar-refractivity contribution in [2.45, 2.75) is 20.1 Å². The summed E-state index contributed by atoms with van der Waals surface area (Å²) >= 11 is 0. The highest BCUT2D eigenvalue weighted by atomic mass is 16.6. The van der Waals surface area contributed by atoms with E-state index in [0.29, 0.717) is 49.4 Å². The Bertz CT molecular complexity index is 704. The molecule has 1 N–H and O–H groups in total. The van der Waals surface area contributed by atoms with Crippen molar-refractivity contribution in [1.29, 1.82) is 0 Å². The monoisotopic (exact) mass is 331 g/mol. The van der Waals surface area contributed by atoms with Crippen LogP contribution >= 0.6 is 0 Å². The zero-order valence-electron chi connectivity index (χ0n) is 14.1. The van der Waals surface area contributed by atoms with Crippen molar-refractivity contribution in [2.75, 3.05) is 32.8 Å². The third-order valence-corrected chi connectivity index (χ3v) is 3.67. The molecule has 1 aromatic heterocycles. The van der Waals surface area contributed by atoms with E-state index in [1.165, 1.54) is 0 Å². The van der Waals surface area contributed by atoms with Gasteiger partial charge in [-0.25, -0.2) is 9.97 Å². The van der Waals surface area contributed by atoms with E-state index in [4.69, 9.17) is 18.9 Å². The fraction of sp³-hybridized carbons (Fsp3) is 0.412. The number of ether oxygens (including phenoxy) is 4. The van der Waals surface area contributed by atoms with Gasteiger partial charge in [0.1, 0.15) is 19.8 Å². The average Bonchev–Trinajstić information content (AvgIpc) is 2.60. The fourth-order valence-electron chi connectivity index (χ4n) is 2.51. The van der Waals surface area contributed by atoms with Crippen LogP contribution in [0.2, 0.25) is 0 Å². The number of nitrogens with one attached hydrogen (secondary N) is 1. The molecule has 0 unspecified atom stereocenters. The Morgan fingerprint density at radius 3 is 2.79 bits per heavy atom. The standard InChI is InChI=1S/C17H21N3O4/c1-11-13(9-19-16(20-11)10-21-2)18-8-12-6-14(22-3)17-15(7-12)23-4-5-24-17/h6-7,9,18H,4-5,8,10H2,1-3H3. The van der Waals surface area contributed by atoms with Crippen LogP contribution in [0.4, 0.5) is 5.69 Å². The number of hydrogen-bond acceptors (Lipinski definition) is 7. The molecule has 0 aliphatic carbocycles. The van der Waals surface area contributed by atoms with E-state index in [-0.39, 0.29) is 0 Å². The number of aryl methyl sites for hydroxylation is 1. The highest BCUT2D eigenvalue weighted by Gasteiger charge is 2.18. The van der Waals surface area contributed by atoms with Gasteiger partial charge in [-0.2, -0.15) is 0 Å². The molecular formula is C17H21N3O4. The third-order valence-electron chi connectivity index (χ3n) is 3.67. The summed E-state index contributed by atoms with van der Waals surface area (Å²) < 4.78 is 21.7. The lowest BCUT2D eigenvalue weighted by Crippen LogP contribution is -2.16. The lowest BCUT2D eigenvalue weighted by molar-refractivity contribution is 0.165. The molecule has 7 heteroatoms. The van der Waals surface area contributed by atoms with Crippen molar-refractivity contribution in [1.82, 2.24) is 9.97 Å². The minimum atomic E-state index is 0.403.